The summed E-state index contributed by atoms with van der Waals surface area (Å²) in [6, 6.07) is 34.2. The van der Waals surface area contributed by atoms with Gasteiger partial charge in [0.15, 0.2) is 0 Å². The zero-order chi connectivity index (χ0) is 30.4. The second-order valence-corrected chi connectivity index (χ2v) is 12.0. The topological polar surface area (TPSA) is 44.9 Å². The molecule has 226 valence electrons. The zero-order valence-corrected chi connectivity index (χ0v) is 28.3. The molecule has 0 amide bonds. The normalized spacial score (nSPS) is 11.3. The van der Waals surface area contributed by atoms with Crippen LogP contribution in [0.5, 0.6) is 11.5 Å². The average molecular weight is 770 g/mol. The van der Waals surface area contributed by atoms with Gasteiger partial charge in [-0.25, -0.2) is 4.98 Å². The summed E-state index contributed by atoms with van der Waals surface area (Å²) >= 11 is 0. The van der Waals surface area contributed by atoms with Crippen molar-refractivity contribution in [2.45, 2.75) is 41.0 Å². The van der Waals surface area contributed by atoms with Crippen LogP contribution in [0.2, 0.25) is 0 Å². The maximum atomic E-state index is 6.44. The largest absolute Gasteiger partial charge is 2.00 e. The van der Waals surface area contributed by atoms with Crippen LogP contribution in [-0.2, 0) is 27.5 Å². The van der Waals surface area contributed by atoms with Crippen molar-refractivity contribution in [2.24, 2.45) is 5.92 Å². The monoisotopic (exact) mass is 769 g/mol. The number of benzene rings is 4. The van der Waals surface area contributed by atoms with E-state index in [9.17, 15) is 0 Å². The number of nitrogens with zero attached hydrogens (tertiary/aromatic N) is 4. The molecule has 0 N–H and O–H groups in total. The van der Waals surface area contributed by atoms with E-state index in [1.165, 1.54) is 22.3 Å². The molecule has 0 spiro atoms. The van der Waals surface area contributed by atoms with E-state index in [2.05, 4.69) is 129 Å². The molecule has 7 aromatic rings. The fourth-order valence-electron chi connectivity index (χ4n) is 6.17. The van der Waals surface area contributed by atoms with E-state index in [-0.39, 0.29) is 21.1 Å². The number of aromatic nitrogens is 4. The number of aryl methyl sites for hydroxylation is 3. The smallest absolute Gasteiger partial charge is 0.509 e. The maximum absolute atomic E-state index is 6.44. The van der Waals surface area contributed by atoms with E-state index in [1.807, 2.05) is 29.2 Å². The summed E-state index contributed by atoms with van der Waals surface area (Å²) in [7, 11) is 0. The summed E-state index contributed by atoms with van der Waals surface area (Å²) in [5.41, 5.74) is 9.91. The Balaban J connectivity index is 0.00000357. The van der Waals surface area contributed by atoms with Gasteiger partial charge in [0, 0.05) is 35.0 Å². The Labute approximate surface area is 278 Å². The van der Waals surface area contributed by atoms with Crippen molar-refractivity contribution in [2.75, 3.05) is 0 Å². The van der Waals surface area contributed by atoms with E-state index < -0.39 is 0 Å². The van der Waals surface area contributed by atoms with Gasteiger partial charge in [-0.1, -0.05) is 62.7 Å². The van der Waals surface area contributed by atoms with Crippen LogP contribution in [0, 0.1) is 38.8 Å². The molecule has 0 aliphatic heterocycles. The van der Waals surface area contributed by atoms with Crippen LogP contribution >= 0.6 is 0 Å². The van der Waals surface area contributed by atoms with Crippen LogP contribution in [0.4, 0.5) is 0 Å². The van der Waals surface area contributed by atoms with Crippen LogP contribution in [0.15, 0.2) is 97.5 Å². The Morgan fingerprint density at radius 2 is 1.62 bits per heavy atom. The van der Waals surface area contributed by atoms with Crippen molar-refractivity contribution in [1.82, 2.24) is 19.3 Å². The quantitative estimate of drug-likeness (QED) is 0.152. The number of hydrogen-bond donors (Lipinski definition) is 0. The summed E-state index contributed by atoms with van der Waals surface area (Å²) in [6.45, 7) is 10.8. The van der Waals surface area contributed by atoms with Crippen molar-refractivity contribution in [3.63, 3.8) is 0 Å². The molecule has 0 bridgehead atoms. The summed E-state index contributed by atoms with van der Waals surface area (Å²) in [6.07, 6.45) is 6.87. The van der Waals surface area contributed by atoms with E-state index in [0.717, 1.165) is 50.9 Å². The standard InChI is InChI=1S/C39H34N4O.Pt/c1-25(2)17-29-15-16-40-38(20-29)43-36-12-7-6-11-34(36)35-14-13-32(22-37(35)43)44-33-19-26(3)18-31(21-33)42-24-30(23-41-42)39-27(4)9-8-10-28(39)5;/h6-16,18-20,23-25H,17H2,1-5H3;/q-2;+2. The molecular formula is C39H34N4OPt. The molecule has 0 fully saturated rings. The molecule has 6 heteroatoms. The first-order chi connectivity index (χ1) is 21.3. The van der Waals surface area contributed by atoms with Crippen LogP contribution in [0.25, 0.3) is 44.4 Å². The minimum atomic E-state index is 0. The minimum absolute atomic E-state index is 0. The maximum Gasteiger partial charge on any atom is 2.00 e. The van der Waals surface area contributed by atoms with Gasteiger partial charge in [-0.2, -0.15) is 16.7 Å². The van der Waals surface area contributed by atoms with Crippen molar-refractivity contribution in [3.8, 4) is 34.1 Å². The molecule has 4 aromatic carbocycles. The number of rotatable bonds is 7. The third-order valence-corrected chi connectivity index (χ3v) is 8.03. The first-order valence-corrected chi connectivity index (χ1v) is 15.1. The van der Waals surface area contributed by atoms with Crippen molar-refractivity contribution in [3.05, 3.63) is 132 Å². The molecule has 0 saturated carbocycles. The molecule has 0 unspecified atom stereocenters. The van der Waals surface area contributed by atoms with E-state index in [4.69, 9.17) is 9.72 Å². The van der Waals surface area contributed by atoms with E-state index in [0.29, 0.717) is 17.4 Å². The average Bonchev–Trinajstić information content (AvgIpc) is 3.60. The molecule has 45 heavy (non-hydrogen) atoms. The molecule has 0 aliphatic rings. The van der Waals surface area contributed by atoms with Crippen molar-refractivity contribution in [1.29, 1.82) is 0 Å². The minimum Gasteiger partial charge on any atom is -0.509 e. The van der Waals surface area contributed by atoms with E-state index >= 15 is 0 Å². The van der Waals surface area contributed by atoms with Gasteiger partial charge < -0.3 is 9.30 Å². The fourth-order valence-corrected chi connectivity index (χ4v) is 6.17. The van der Waals surface area contributed by atoms with Gasteiger partial charge in [-0.05, 0) is 77.7 Å². The van der Waals surface area contributed by atoms with Crippen LogP contribution in [0.3, 0.4) is 0 Å². The van der Waals surface area contributed by atoms with Gasteiger partial charge in [-0.15, -0.1) is 35.7 Å². The number of hydrogen-bond acceptors (Lipinski definition) is 3. The second kappa shape index (κ2) is 12.5. The molecular weight excluding hydrogens is 736 g/mol. The Kier molecular flexibility index (Phi) is 8.48. The van der Waals surface area contributed by atoms with Crippen LogP contribution in [0.1, 0.15) is 36.1 Å². The first-order valence-electron chi connectivity index (χ1n) is 15.1. The summed E-state index contributed by atoms with van der Waals surface area (Å²) < 4.78 is 10.5. The van der Waals surface area contributed by atoms with Crippen LogP contribution in [-0.4, -0.2) is 19.3 Å². The zero-order valence-electron chi connectivity index (χ0n) is 26.0. The number of ether oxygens (including phenoxy) is 1. The molecule has 0 saturated heterocycles. The summed E-state index contributed by atoms with van der Waals surface area (Å²) in [5, 5.41) is 6.94. The molecule has 5 nitrogen and oxygen atoms in total. The van der Waals surface area contributed by atoms with Gasteiger partial charge >= 0.3 is 21.1 Å². The summed E-state index contributed by atoms with van der Waals surface area (Å²) in [5.74, 6) is 2.67. The molecule has 0 aliphatic carbocycles. The molecule has 0 radical (unpaired) electrons. The number of fused-ring (bicyclic) bond motifs is 3. The predicted octanol–water partition coefficient (Wildman–Crippen LogP) is 9.55. The Morgan fingerprint density at radius 1 is 0.822 bits per heavy atom. The third-order valence-electron chi connectivity index (χ3n) is 8.03. The first kappa shape index (κ1) is 30.6. The van der Waals surface area contributed by atoms with Gasteiger partial charge in [0.1, 0.15) is 5.82 Å². The Bertz CT molecular complexity index is 2140. The SMILES string of the molecule is Cc1cc(Oc2[c-]c3c(cc2)c2ccccc2n3-c2cc(CC(C)C)ccn2)[c-]c(-n2cc(-c3c(C)cccc3C)cn2)c1.[Pt+2]. The number of pyridine rings is 1. The van der Waals surface area contributed by atoms with Gasteiger partial charge in [0.25, 0.3) is 0 Å². The van der Waals surface area contributed by atoms with Crippen molar-refractivity contribution >= 4 is 21.8 Å². The molecule has 3 aromatic heterocycles. The molecule has 3 heterocycles. The van der Waals surface area contributed by atoms with E-state index in [1.54, 1.807) is 0 Å². The molecule has 7 rings (SSSR count). The Morgan fingerprint density at radius 3 is 2.42 bits per heavy atom. The van der Waals surface area contributed by atoms with Gasteiger partial charge in [0.2, 0.25) is 0 Å². The van der Waals surface area contributed by atoms with Gasteiger partial charge in [0.05, 0.1) is 6.20 Å². The Hall–Kier alpha value is -4.47. The van der Waals surface area contributed by atoms with Crippen LogP contribution < -0.4 is 4.74 Å². The van der Waals surface area contributed by atoms with Gasteiger partial charge in [-0.3, -0.25) is 4.68 Å². The molecule has 0 atom stereocenters. The second-order valence-electron chi connectivity index (χ2n) is 12.0. The predicted molar refractivity (Wildman–Crippen MR) is 178 cm³/mol. The number of para-hydroxylation sites is 1. The fraction of sp³-hybridized carbons (Fsp3) is 0.179. The summed E-state index contributed by atoms with van der Waals surface area (Å²) in [4.78, 5) is 4.78. The third kappa shape index (κ3) is 5.97. The van der Waals surface area contributed by atoms with Crippen molar-refractivity contribution < 1.29 is 25.8 Å².